The zero-order valence-electron chi connectivity index (χ0n) is 4.61. The Morgan fingerprint density at radius 1 is 1.36 bits per heavy atom. The Morgan fingerprint density at radius 3 is 1.36 bits per heavy atom. The van der Waals surface area contributed by atoms with E-state index in [1.807, 2.05) is 0 Å². The summed E-state index contributed by atoms with van der Waals surface area (Å²) in [7, 11) is -4.67. The molecule has 2 N–H and O–H groups in total. The van der Waals surface area contributed by atoms with Crippen LogP contribution in [0, 0.1) is 0 Å². The van der Waals surface area contributed by atoms with Crippen LogP contribution in [0.5, 0.6) is 0 Å². The molecule has 0 amide bonds. The molecule has 0 aliphatic rings. The van der Waals surface area contributed by atoms with E-state index in [2.05, 4.69) is 24.1 Å². The first-order chi connectivity index (χ1) is 4.00. The Bertz CT molecular complexity index is 196. The third-order valence-electron chi connectivity index (χ3n) is 0. The van der Waals surface area contributed by atoms with Gasteiger partial charge in [-0.25, -0.2) is 0 Å². The first-order valence-electron chi connectivity index (χ1n) is 1.43. The monoisotopic (exact) mass is 323 g/mol. The SMILES string of the molecule is O=S(=O)(O)O.[Mo+3].[O-]P([O-])(=S)[S-]. The third kappa shape index (κ3) is 472. The van der Waals surface area contributed by atoms with Crippen LogP contribution in [0.25, 0.3) is 0 Å². The van der Waals surface area contributed by atoms with Crippen molar-refractivity contribution in [2.75, 3.05) is 0 Å². The van der Waals surface area contributed by atoms with Gasteiger partial charge in [0.2, 0.25) is 0 Å². The van der Waals surface area contributed by atoms with Crippen LogP contribution < -0.4 is 9.79 Å². The summed E-state index contributed by atoms with van der Waals surface area (Å²) in [6, 6.07) is 0. The minimum absolute atomic E-state index is 0. The molecule has 6 nitrogen and oxygen atoms in total. The summed E-state index contributed by atoms with van der Waals surface area (Å²) in [5.41, 5.74) is -3.72. The van der Waals surface area contributed by atoms with Crippen molar-refractivity contribution in [2.24, 2.45) is 0 Å². The number of hydrogen-bond acceptors (Lipinski definition) is 6. The fourth-order valence-electron chi connectivity index (χ4n) is 0. The van der Waals surface area contributed by atoms with Crippen LogP contribution >= 0.6 is 5.69 Å². The van der Waals surface area contributed by atoms with Crippen molar-refractivity contribution in [3.05, 3.63) is 0 Å². The molecular formula is H2MoO6PS3. The molecule has 67 valence electrons. The average Bonchev–Trinajstić information content (AvgIpc) is 1.12. The van der Waals surface area contributed by atoms with E-state index < -0.39 is 16.1 Å². The van der Waals surface area contributed by atoms with Crippen molar-refractivity contribution in [3.8, 4) is 0 Å². The van der Waals surface area contributed by atoms with E-state index in [0.717, 1.165) is 0 Å². The number of hydrogen-bond donors (Lipinski definition) is 2. The van der Waals surface area contributed by atoms with Gasteiger partial charge in [-0.15, -0.1) is 0 Å². The van der Waals surface area contributed by atoms with Crippen molar-refractivity contribution < 1.29 is 48.4 Å². The summed E-state index contributed by atoms with van der Waals surface area (Å²) < 4.78 is 31.6. The first kappa shape index (κ1) is 18.3. The van der Waals surface area contributed by atoms with Gasteiger partial charge < -0.3 is 27.7 Å². The van der Waals surface area contributed by atoms with Gasteiger partial charge in [0, 0.05) is 0 Å². The van der Waals surface area contributed by atoms with Gasteiger partial charge in [-0.3, -0.25) is 9.11 Å². The topological polar surface area (TPSA) is 121 Å². The fraction of sp³-hybridized carbons (Fsp3) is 0. The Kier molecular flexibility index (Phi) is 11.5. The molecule has 0 atom stereocenters. The van der Waals surface area contributed by atoms with Gasteiger partial charge >= 0.3 is 31.5 Å². The molecule has 1 radical (unpaired) electrons. The van der Waals surface area contributed by atoms with Crippen molar-refractivity contribution in [2.45, 2.75) is 0 Å². The van der Waals surface area contributed by atoms with Crippen LogP contribution in [0.2, 0.25) is 0 Å². The maximum Gasteiger partial charge on any atom is 3.00 e. The summed E-state index contributed by atoms with van der Waals surface area (Å²) in [6.45, 7) is 0. The molecule has 0 saturated heterocycles. The predicted molar refractivity (Wildman–Crippen MR) is 35.8 cm³/mol. The van der Waals surface area contributed by atoms with Crippen molar-refractivity contribution >= 4 is 40.1 Å². The maximum atomic E-state index is 9.29. The minimum Gasteiger partial charge on any atom is -0.850 e. The quantitative estimate of drug-likeness (QED) is 0.224. The van der Waals surface area contributed by atoms with Gasteiger partial charge in [0.25, 0.3) is 0 Å². The first-order valence-corrected chi connectivity index (χ1v) is 6.48. The Hall–Kier alpha value is 1.48. The molecule has 0 aromatic heterocycles. The summed E-state index contributed by atoms with van der Waals surface area (Å²) in [5.74, 6) is 0. The van der Waals surface area contributed by atoms with Gasteiger partial charge in [0.1, 0.15) is 0 Å². The van der Waals surface area contributed by atoms with E-state index in [9.17, 15) is 9.79 Å². The van der Waals surface area contributed by atoms with E-state index in [1.54, 1.807) is 0 Å². The Labute approximate surface area is 88.2 Å². The summed E-state index contributed by atoms with van der Waals surface area (Å²) in [4.78, 5) is 18.6. The van der Waals surface area contributed by atoms with Crippen LogP contribution in [0.3, 0.4) is 0 Å². The second-order valence-electron chi connectivity index (χ2n) is 0.895. The molecule has 11 heteroatoms. The van der Waals surface area contributed by atoms with E-state index in [-0.39, 0.29) is 21.1 Å². The normalized spacial score (nSPS) is 10.6. The summed E-state index contributed by atoms with van der Waals surface area (Å²) >= 11 is 7.28. The smallest absolute Gasteiger partial charge is 0.850 e. The van der Waals surface area contributed by atoms with Gasteiger partial charge in [0.05, 0.1) is 0 Å². The van der Waals surface area contributed by atoms with Crippen LogP contribution in [-0.2, 0) is 55.5 Å². The standard InChI is InChI=1S/Mo.H2O4S.H3O2PS2/c;1-5(2,3)4;1-3(2,4)5/h;(H2,1,2,3,4);(H3,1,2,4,5)/q+3;;/p-3. The molecule has 0 aliphatic carbocycles. The Morgan fingerprint density at radius 2 is 1.36 bits per heavy atom. The largest absolute Gasteiger partial charge is 3.00 e. The molecule has 11 heavy (non-hydrogen) atoms. The van der Waals surface area contributed by atoms with E-state index >= 15 is 0 Å². The van der Waals surface area contributed by atoms with E-state index in [4.69, 9.17) is 17.5 Å². The van der Waals surface area contributed by atoms with E-state index in [1.165, 1.54) is 0 Å². The fourth-order valence-corrected chi connectivity index (χ4v) is 0. The van der Waals surface area contributed by atoms with Gasteiger partial charge in [-0.05, 0) is 0 Å². The third-order valence-corrected chi connectivity index (χ3v) is 0. The molecule has 0 bridgehead atoms. The number of rotatable bonds is 0. The van der Waals surface area contributed by atoms with Crippen molar-refractivity contribution in [3.63, 3.8) is 0 Å². The zero-order chi connectivity index (χ0) is 9.00. The maximum absolute atomic E-state index is 9.29. The van der Waals surface area contributed by atoms with Gasteiger partial charge in [-0.2, -0.15) is 20.2 Å². The molecule has 0 aromatic carbocycles. The summed E-state index contributed by atoms with van der Waals surface area (Å²) in [5, 5.41) is 0. The molecule has 0 rings (SSSR count). The molecule has 0 spiro atoms. The molecular weight excluding hydrogens is 319 g/mol. The van der Waals surface area contributed by atoms with Crippen molar-refractivity contribution in [1.82, 2.24) is 0 Å². The molecule has 0 unspecified atom stereocenters. The predicted octanol–water partition coefficient (Wildman–Crippen LogP) is -2.18. The zero-order valence-corrected chi connectivity index (χ0v) is 9.96. The van der Waals surface area contributed by atoms with Crippen molar-refractivity contribution in [1.29, 1.82) is 0 Å². The Balaban J connectivity index is -0.000000107. The molecule has 0 aromatic rings. The molecule has 0 heterocycles. The molecule has 0 saturated carbocycles. The molecule has 0 aliphatic heterocycles. The van der Waals surface area contributed by atoms with E-state index in [0.29, 0.717) is 0 Å². The van der Waals surface area contributed by atoms with Crippen LogP contribution in [0.1, 0.15) is 0 Å². The van der Waals surface area contributed by atoms with Crippen LogP contribution in [0.4, 0.5) is 0 Å². The minimum atomic E-state index is -4.67. The van der Waals surface area contributed by atoms with Crippen LogP contribution in [-0.4, -0.2) is 17.5 Å². The van der Waals surface area contributed by atoms with Crippen LogP contribution in [0.15, 0.2) is 0 Å². The van der Waals surface area contributed by atoms with Gasteiger partial charge in [0.15, 0.2) is 0 Å². The second-order valence-corrected chi connectivity index (χ2v) is 6.26. The average molecular weight is 321 g/mol. The molecule has 0 fully saturated rings. The second kappa shape index (κ2) is 6.94. The summed E-state index contributed by atoms with van der Waals surface area (Å²) in [6.07, 6.45) is 0. The van der Waals surface area contributed by atoms with Gasteiger partial charge in [-0.1, -0.05) is 0 Å².